The fraction of sp³-hybridized carbons (Fsp3) is 0.833. The summed E-state index contributed by atoms with van der Waals surface area (Å²) in [5.41, 5.74) is 0. The number of carboxylic acids is 1. The lowest BCUT2D eigenvalue weighted by molar-refractivity contribution is -0.151. The Kier molecular flexibility index (Phi) is 4.54. The van der Waals surface area contributed by atoms with Crippen LogP contribution in [0.25, 0.3) is 0 Å². The largest absolute Gasteiger partial charge is 0.479 e. The molecule has 6 nitrogen and oxygen atoms in total. The third-order valence-corrected chi connectivity index (χ3v) is 3.25. The van der Waals surface area contributed by atoms with E-state index in [1.807, 2.05) is 0 Å². The van der Waals surface area contributed by atoms with Gasteiger partial charge in [0.15, 0.2) is 6.10 Å². The molecule has 0 aromatic heterocycles. The van der Waals surface area contributed by atoms with E-state index in [1.165, 1.54) is 12.8 Å². The Morgan fingerprint density at radius 2 is 1.83 bits per heavy atom. The van der Waals surface area contributed by atoms with Gasteiger partial charge in [0.1, 0.15) is 6.10 Å². The molecule has 1 saturated heterocycles. The van der Waals surface area contributed by atoms with Crippen LogP contribution < -0.4 is 10.6 Å². The van der Waals surface area contributed by atoms with E-state index in [0.29, 0.717) is 25.4 Å². The third kappa shape index (κ3) is 3.96. The average molecular weight is 256 g/mol. The number of carboxylic acid groups (broad SMARTS) is 1. The van der Waals surface area contributed by atoms with Gasteiger partial charge in [-0.15, -0.1) is 0 Å². The van der Waals surface area contributed by atoms with Crippen molar-refractivity contribution in [2.24, 2.45) is 0 Å². The molecule has 2 atom stereocenters. The van der Waals surface area contributed by atoms with Gasteiger partial charge in [0.2, 0.25) is 5.91 Å². The summed E-state index contributed by atoms with van der Waals surface area (Å²) < 4.78 is 5.16. The number of amides is 1. The minimum absolute atomic E-state index is 0.190. The van der Waals surface area contributed by atoms with E-state index in [2.05, 4.69) is 10.6 Å². The Hall–Kier alpha value is -1.14. The normalized spacial score (nSPS) is 27.1. The van der Waals surface area contributed by atoms with Gasteiger partial charge in [-0.05, 0) is 38.6 Å². The molecule has 0 aromatic rings. The van der Waals surface area contributed by atoms with Crippen molar-refractivity contribution in [1.82, 2.24) is 10.6 Å². The van der Waals surface area contributed by atoms with E-state index in [0.717, 1.165) is 13.0 Å². The number of rotatable bonds is 7. The molecule has 102 valence electrons. The van der Waals surface area contributed by atoms with Crippen LogP contribution in [0.2, 0.25) is 0 Å². The first-order chi connectivity index (χ1) is 8.66. The van der Waals surface area contributed by atoms with Crippen molar-refractivity contribution in [3.63, 3.8) is 0 Å². The highest BCUT2D eigenvalue weighted by Crippen LogP contribution is 2.20. The van der Waals surface area contributed by atoms with Crippen LogP contribution in [0.1, 0.15) is 32.1 Å². The molecule has 2 unspecified atom stereocenters. The zero-order valence-electron chi connectivity index (χ0n) is 10.4. The first-order valence-corrected chi connectivity index (χ1v) is 6.56. The van der Waals surface area contributed by atoms with Crippen LogP contribution in [-0.4, -0.2) is 48.3 Å². The molecule has 1 aliphatic carbocycles. The fourth-order valence-corrected chi connectivity index (χ4v) is 2.02. The Labute approximate surface area is 106 Å². The maximum atomic E-state index is 11.7. The molecule has 1 aliphatic heterocycles. The quantitative estimate of drug-likeness (QED) is 0.553. The van der Waals surface area contributed by atoms with Gasteiger partial charge in [-0.3, -0.25) is 4.79 Å². The number of carbonyl (C=O) groups excluding carboxylic acids is 1. The average Bonchev–Trinajstić information content (AvgIpc) is 3.02. The van der Waals surface area contributed by atoms with Gasteiger partial charge in [0.25, 0.3) is 0 Å². The van der Waals surface area contributed by atoms with Gasteiger partial charge >= 0.3 is 5.97 Å². The lowest BCUT2D eigenvalue weighted by Gasteiger charge is -2.11. The first kappa shape index (κ1) is 13.3. The summed E-state index contributed by atoms with van der Waals surface area (Å²) in [5.74, 6) is -1.18. The molecule has 2 aliphatic rings. The van der Waals surface area contributed by atoms with E-state index < -0.39 is 18.2 Å². The van der Waals surface area contributed by atoms with Gasteiger partial charge in [-0.2, -0.15) is 0 Å². The van der Waals surface area contributed by atoms with Crippen LogP contribution >= 0.6 is 0 Å². The molecule has 1 amide bonds. The molecule has 0 radical (unpaired) electrons. The van der Waals surface area contributed by atoms with Crippen molar-refractivity contribution in [3.8, 4) is 0 Å². The molecular formula is C12H20N2O4. The van der Waals surface area contributed by atoms with Crippen molar-refractivity contribution >= 4 is 11.9 Å². The van der Waals surface area contributed by atoms with Gasteiger partial charge < -0.3 is 20.5 Å². The highest BCUT2D eigenvalue weighted by molar-refractivity contribution is 5.82. The lowest BCUT2D eigenvalue weighted by atomic mass is 10.2. The maximum absolute atomic E-state index is 11.7. The molecular weight excluding hydrogens is 236 g/mol. The molecule has 1 heterocycles. The second kappa shape index (κ2) is 6.15. The van der Waals surface area contributed by atoms with E-state index in [-0.39, 0.29) is 5.91 Å². The minimum atomic E-state index is -0.987. The molecule has 1 saturated carbocycles. The zero-order valence-corrected chi connectivity index (χ0v) is 10.4. The Bertz CT molecular complexity index is 317. The molecule has 0 spiro atoms. The Balaban J connectivity index is 1.55. The molecule has 0 bridgehead atoms. The Morgan fingerprint density at radius 3 is 2.44 bits per heavy atom. The summed E-state index contributed by atoms with van der Waals surface area (Å²) in [7, 11) is 0. The highest BCUT2D eigenvalue weighted by Gasteiger charge is 2.34. The minimum Gasteiger partial charge on any atom is -0.479 e. The first-order valence-electron chi connectivity index (χ1n) is 6.56. The summed E-state index contributed by atoms with van der Waals surface area (Å²) in [6.45, 7) is 1.52. The molecule has 2 rings (SSSR count). The highest BCUT2D eigenvalue weighted by atomic mass is 16.5. The molecule has 2 fully saturated rings. The Morgan fingerprint density at radius 1 is 1.11 bits per heavy atom. The predicted octanol–water partition coefficient (Wildman–Crippen LogP) is -0.123. The van der Waals surface area contributed by atoms with Gasteiger partial charge in [0, 0.05) is 12.6 Å². The molecule has 0 aromatic carbocycles. The van der Waals surface area contributed by atoms with Crippen LogP contribution in [0.15, 0.2) is 0 Å². The molecule has 18 heavy (non-hydrogen) atoms. The number of hydrogen-bond donors (Lipinski definition) is 3. The van der Waals surface area contributed by atoms with E-state index in [9.17, 15) is 9.59 Å². The van der Waals surface area contributed by atoms with Gasteiger partial charge in [0.05, 0.1) is 0 Å². The van der Waals surface area contributed by atoms with Crippen LogP contribution in [-0.2, 0) is 14.3 Å². The number of ether oxygens (including phenoxy) is 1. The number of nitrogens with one attached hydrogen (secondary N) is 2. The number of aliphatic carboxylic acids is 1. The summed E-state index contributed by atoms with van der Waals surface area (Å²) in [5, 5.41) is 14.9. The topological polar surface area (TPSA) is 87.7 Å². The van der Waals surface area contributed by atoms with Crippen molar-refractivity contribution in [2.45, 2.75) is 50.4 Å². The van der Waals surface area contributed by atoms with Crippen molar-refractivity contribution in [3.05, 3.63) is 0 Å². The third-order valence-electron chi connectivity index (χ3n) is 3.25. The van der Waals surface area contributed by atoms with Crippen LogP contribution in [0.4, 0.5) is 0 Å². The van der Waals surface area contributed by atoms with Crippen molar-refractivity contribution in [2.75, 3.05) is 13.1 Å². The fourth-order valence-electron chi connectivity index (χ4n) is 2.02. The SMILES string of the molecule is O=C(O)C1CCC(C(=O)NCCCNC2CC2)O1. The van der Waals surface area contributed by atoms with Crippen LogP contribution in [0, 0.1) is 0 Å². The predicted molar refractivity (Wildman–Crippen MR) is 64.2 cm³/mol. The summed E-state index contributed by atoms with van der Waals surface area (Å²) in [6, 6.07) is 0.690. The smallest absolute Gasteiger partial charge is 0.332 e. The molecule has 6 heteroatoms. The van der Waals surface area contributed by atoms with Crippen molar-refractivity contribution < 1.29 is 19.4 Å². The summed E-state index contributed by atoms with van der Waals surface area (Å²) in [6.07, 6.45) is 2.90. The molecule has 3 N–H and O–H groups in total. The van der Waals surface area contributed by atoms with Crippen molar-refractivity contribution in [1.29, 1.82) is 0 Å². The summed E-state index contributed by atoms with van der Waals surface area (Å²) >= 11 is 0. The standard InChI is InChI=1S/C12H20N2O4/c15-11(9-4-5-10(18-9)12(16)17)14-7-1-6-13-8-2-3-8/h8-10,13H,1-7H2,(H,14,15)(H,16,17). The van der Waals surface area contributed by atoms with E-state index in [4.69, 9.17) is 9.84 Å². The van der Waals surface area contributed by atoms with Gasteiger partial charge in [-0.25, -0.2) is 4.79 Å². The second-order valence-electron chi connectivity index (χ2n) is 4.90. The van der Waals surface area contributed by atoms with Gasteiger partial charge in [-0.1, -0.05) is 0 Å². The number of hydrogen-bond acceptors (Lipinski definition) is 4. The second-order valence-corrected chi connectivity index (χ2v) is 4.90. The van der Waals surface area contributed by atoms with Crippen LogP contribution in [0.5, 0.6) is 0 Å². The maximum Gasteiger partial charge on any atom is 0.332 e. The summed E-state index contributed by atoms with van der Waals surface area (Å²) in [4.78, 5) is 22.3. The zero-order chi connectivity index (χ0) is 13.0. The monoisotopic (exact) mass is 256 g/mol. The van der Waals surface area contributed by atoms with E-state index in [1.54, 1.807) is 0 Å². The van der Waals surface area contributed by atoms with Crippen LogP contribution in [0.3, 0.4) is 0 Å². The number of carbonyl (C=O) groups is 2. The lowest BCUT2D eigenvalue weighted by Crippen LogP contribution is -2.37. The van der Waals surface area contributed by atoms with E-state index >= 15 is 0 Å².